The first-order chi connectivity index (χ1) is 9.70. The fraction of sp³-hybridized carbons (Fsp3) is 0.533. The molecule has 1 aromatic rings. The molecule has 1 unspecified atom stereocenters. The van der Waals surface area contributed by atoms with Gasteiger partial charge >= 0.3 is 0 Å². The van der Waals surface area contributed by atoms with Crippen LogP contribution >= 0.6 is 11.6 Å². The van der Waals surface area contributed by atoms with E-state index in [0.717, 1.165) is 25.3 Å². The molecular formula is C15H19ClN2O2. The third-order valence-electron chi connectivity index (χ3n) is 3.93. The van der Waals surface area contributed by atoms with E-state index in [-0.39, 0.29) is 12.0 Å². The molecule has 4 nitrogen and oxygen atoms in total. The standard InChI is InChI=1S/C15H19ClN2O2/c16-12-2-1-3-13(7-12)20-14-9-18(10-14)15(19)6-11-4-5-17-8-11/h1-3,7,11,14,17H,4-6,8-10H2. The predicted molar refractivity (Wildman–Crippen MR) is 78.0 cm³/mol. The van der Waals surface area contributed by atoms with Crippen molar-refractivity contribution in [3.05, 3.63) is 29.3 Å². The number of hydrogen-bond donors (Lipinski definition) is 1. The number of likely N-dealkylation sites (tertiary alicyclic amines) is 1. The SMILES string of the molecule is O=C(CC1CCNC1)N1CC(Oc2cccc(Cl)c2)C1. The minimum absolute atomic E-state index is 0.0964. The van der Waals surface area contributed by atoms with Crippen molar-refractivity contribution < 1.29 is 9.53 Å². The van der Waals surface area contributed by atoms with Gasteiger partial charge in [-0.1, -0.05) is 17.7 Å². The van der Waals surface area contributed by atoms with E-state index in [0.29, 0.717) is 30.5 Å². The third-order valence-corrected chi connectivity index (χ3v) is 4.16. The summed E-state index contributed by atoms with van der Waals surface area (Å²) in [7, 11) is 0. The lowest BCUT2D eigenvalue weighted by Crippen LogP contribution is -2.56. The van der Waals surface area contributed by atoms with Crippen LogP contribution in [0.4, 0.5) is 0 Å². The lowest BCUT2D eigenvalue weighted by atomic mass is 10.0. The Hall–Kier alpha value is -1.26. The van der Waals surface area contributed by atoms with Gasteiger partial charge in [0, 0.05) is 11.4 Å². The van der Waals surface area contributed by atoms with Gasteiger partial charge in [0.25, 0.3) is 0 Å². The molecule has 5 heteroatoms. The Balaban J connectivity index is 1.43. The molecule has 0 bridgehead atoms. The van der Waals surface area contributed by atoms with Gasteiger partial charge < -0.3 is 15.0 Å². The Morgan fingerprint density at radius 3 is 3.00 bits per heavy atom. The highest BCUT2D eigenvalue weighted by Crippen LogP contribution is 2.23. The van der Waals surface area contributed by atoms with Crippen LogP contribution in [0.3, 0.4) is 0 Å². The number of nitrogens with zero attached hydrogens (tertiary/aromatic N) is 1. The molecule has 0 aromatic heterocycles. The topological polar surface area (TPSA) is 41.6 Å². The maximum Gasteiger partial charge on any atom is 0.223 e. The van der Waals surface area contributed by atoms with Crippen molar-refractivity contribution in [2.45, 2.75) is 18.9 Å². The van der Waals surface area contributed by atoms with Crippen LogP contribution in [0.5, 0.6) is 5.75 Å². The maximum absolute atomic E-state index is 12.1. The fourth-order valence-corrected chi connectivity index (χ4v) is 2.89. The molecule has 2 heterocycles. The lowest BCUT2D eigenvalue weighted by Gasteiger charge is -2.39. The van der Waals surface area contributed by atoms with E-state index < -0.39 is 0 Å². The van der Waals surface area contributed by atoms with Crippen LogP contribution in [0.1, 0.15) is 12.8 Å². The van der Waals surface area contributed by atoms with Gasteiger partial charge in [-0.15, -0.1) is 0 Å². The smallest absolute Gasteiger partial charge is 0.223 e. The Bertz CT molecular complexity index is 483. The molecule has 2 aliphatic heterocycles. The summed E-state index contributed by atoms with van der Waals surface area (Å²) in [6, 6.07) is 7.38. The molecule has 2 aliphatic rings. The first kappa shape index (κ1) is 13.7. The molecular weight excluding hydrogens is 276 g/mol. The second-order valence-electron chi connectivity index (χ2n) is 5.56. The molecule has 2 fully saturated rings. The van der Waals surface area contributed by atoms with E-state index in [4.69, 9.17) is 16.3 Å². The van der Waals surface area contributed by atoms with Gasteiger partial charge in [0.1, 0.15) is 11.9 Å². The number of carbonyl (C=O) groups is 1. The monoisotopic (exact) mass is 294 g/mol. The Morgan fingerprint density at radius 2 is 2.30 bits per heavy atom. The average Bonchev–Trinajstić information content (AvgIpc) is 2.86. The molecule has 0 aliphatic carbocycles. The van der Waals surface area contributed by atoms with E-state index in [2.05, 4.69) is 5.32 Å². The van der Waals surface area contributed by atoms with Crippen molar-refractivity contribution in [2.24, 2.45) is 5.92 Å². The summed E-state index contributed by atoms with van der Waals surface area (Å²) in [4.78, 5) is 13.9. The predicted octanol–water partition coefficient (Wildman–Crippen LogP) is 1.93. The van der Waals surface area contributed by atoms with E-state index in [1.165, 1.54) is 0 Å². The van der Waals surface area contributed by atoms with E-state index in [1.54, 1.807) is 6.07 Å². The first-order valence-corrected chi connectivity index (χ1v) is 7.49. The lowest BCUT2D eigenvalue weighted by molar-refractivity contribution is -0.140. The van der Waals surface area contributed by atoms with Gasteiger partial charge in [-0.25, -0.2) is 0 Å². The molecule has 20 heavy (non-hydrogen) atoms. The number of carbonyl (C=O) groups excluding carboxylic acids is 1. The maximum atomic E-state index is 12.1. The van der Waals surface area contributed by atoms with Crippen LogP contribution in [0.25, 0.3) is 0 Å². The second kappa shape index (κ2) is 6.02. The molecule has 0 spiro atoms. The zero-order chi connectivity index (χ0) is 13.9. The highest BCUT2D eigenvalue weighted by atomic mass is 35.5. The molecule has 1 N–H and O–H groups in total. The first-order valence-electron chi connectivity index (χ1n) is 7.11. The molecule has 2 saturated heterocycles. The van der Waals surface area contributed by atoms with Crippen molar-refractivity contribution >= 4 is 17.5 Å². The summed E-state index contributed by atoms with van der Waals surface area (Å²) >= 11 is 5.91. The van der Waals surface area contributed by atoms with Gasteiger partial charge in [0.15, 0.2) is 0 Å². The largest absolute Gasteiger partial charge is 0.487 e. The number of benzene rings is 1. The molecule has 0 radical (unpaired) electrons. The van der Waals surface area contributed by atoms with Gasteiger partial charge in [-0.3, -0.25) is 4.79 Å². The Kier molecular flexibility index (Phi) is 4.13. The molecule has 1 aromatic carbocycles. The summed E-state index contributed by atoms with van der Waals surface area (Å²) in [6.07, 6.45) is 1.87. The Morgan fingerprint density at radius 1 is 1.45 bits per heavy atom. The van der Waals surface area contributed by atoms with Crippen LogP contribution in [0, 0.1) is 5.92 Å². The second-order valence-corrected chi connectivity index (χ2v) is 6.00. The zero-order valence-corrected chi connectivity index (χ0v) is 12.1. The van der Waals surface area contributed by atoms with Crippen molar-refractivity contribution in [3.8, 4) is 5.75 Å². The average molecular weight is 295 g/mol. The summed E-state index contributed by atoms with van der Waals surface area (Å²) in [5, 5.41) is 3.96. The summed E-state index contributed by atoms with van der Waals surface area (Å²) in [5.41, 5.74) is 0. The summed E-state index contributed by atoms with van der Waals surface area (Å²) in [6.45, 7) is 3.39. The quantitative estimate of drug-likeness (QED) is 0.922. The Labute approximate surface area is 124 Å². The molecule has 3 rings (SSSR count). The van der Waals surface area contributed by atoms with Gasteiger partial charge in [-0.05, 0) is 43.6 Å². The van der Waals surface area contributed by atoms with E-state index in [9.17, 15) is 4.79 Å². The number of ether oxygens (including phenoxy) is 1. The molecule has 108 valence electrons. The van der Waals surface area contributed by atoms with Crippen LogP contribution in [0.2, 0.25) is 5.02 Å². The third kappa shape index (κ3) is 3.25. The van der Waals surface area contributed by atoms with Crippen molar-refractivity contribution in [3.63, 3.8) is 0 Å². The number of halogens is 1. The van der Waals surface area contributed by atoms with E-state index in [1.807, 2.05) is 23.1 Å². The molecule has 1 amide bonds. The van der Waals surface area contributed by atoms with Crippen LogP contribution in [-0.2, 0) is 4.79 Å². The van der Waals surface area contributed by atoms with Crippen LogP contribution < -0.4 is 10.1 Å². The van der Waals surface area contributed by atoms with Crippen LogP contribution in [0.15, 0.2) is 24.3 Å². The van der Waals surface area contributed by atoms with Gasteiger partial charge in [0.2, 0.25) is 5.91 Å². The normalized spacial score (nSPS) is 22.6. The van der Waals surface area contributed by atoms with Crippen LogP contribution in [-0.4, -0.2) is 43.1 Å². The number of rotatable bonds is 4. The minimum atomic E-state index is 0.0964. The van der Waals surface area contributed by atoms with Crippen molar-refractivity contribution in [1.29, 1.82) is 0 Å². The van der Waals surface area contributed by atoms with Crippen molar-refractivity contribution in [1.82, 2.24) is 10.2 Å². The summed E-state index contributed by atoms with van der Waals surface area (Å²) < 4.78 is 5.79. The van der Waals surface area contributed by atoms with Gasteiger partial charge in [-0.2, -0.15) is 0 Å². The fourth-order valence-electron chi connectivity index (χ4n) is 2.71. The van der Waals surface area contributed by atoms with Crippen molar-refractivity contribution in [2.75, 3.05) is 26.2 Å². The zero-order valence-electron chi connectivity index (χ0n) is 11.3. The highest BCUT2D eigenvalue weighted by Gasteiger charge is 2.33. The summed E-state index contributed by atoms with van der Waals surface area (Å²) in [5.74, 6) is 1.54. The molecule has 0 saturated carbocycles. The molecule has 1 atom stereocenters. The number of amides is 1. The highest BCUT2D eigenvalue weighted by molar-refractivity contribution is 6.30. The minimum Gasteiger partial charge on any atom is -0.487 e. The van der Waals surface area contributed by atoms with Gasteiger partial charge in [0.05, 0.1) is 13.1 Å². The number of hydrogen-bond acceptors (Lipinski definition) is 3. The number of nitrogens with one attached hydrogen (secondary N) is 1. The van der Waals surface area contributed by atoms with E-state index >= 15 is 0 Å².